The number of unbranched alkanes of at least 4 members (excludes halogenated alkanes) is 8. The standard InChI is InChI=1S/C32H45NO4/c1-26(32(2,3)4)31(34)36-23-13-11-9-7-5-6-8-10-12-22-35-29-20-16-28(17-21-29)25-37-30-18-14-27(24-33)15-19-30/h14-21,26H,5-13,22-23,25H2,1-4H3. The van der Waals surface area contributed by atoms with Gasteiger partial charge in [0.2, 0.25) is 0 Å². The molecule has 0 N–H and O–H groups in total. The summed E-state index contributed by atoms with van der Waals surface area (Å²) in [5, 5.41) is 8.85. The van der Waals surface area contributed by atoms with Gasteiger partial charge in [0.1, 0.15) is 18.1 Å². The van der Waals surface area contributed by atoms with Crippen molar-refractivity contribution in [1.82, 2.24) is 0 Å². The van der Waals surface area contributed by atoms with Gasteiger partial charge in [-0.2, -0.15) is 5.26 Å². The van der Waals surface area contributed by atoms with Crippen LogP contribution in [-0.2, 0) is 16.1 Å². The van der Waals surface area contributed by atoms with Crippen molar-refractivity contribution in [3.05, 3.63) is 59.7 Å². The largest absolute Gasteiger partial charge is 0.494 e. The maximum absolute atomic E-state index is 12.0. The van der Waals surface area contributed by atoms with Crippen molar-refractivity contribution in [2.75, 3.05) is 13.2 Å². The number of carbonyl (C=O) groups excluding carboxylic acids is 1. The van der Waals surface area contributed by atoms with E-state index < -0.39 is 0 Å². The van der Waals surface area contributed by atoms with E-state index in [2.05, 4.69) is 26.8 Å². The lowest BCUT2D eigenvalue weighted by Crippen LogP contribution is -2.27. The van der Waals surface area contributed by atoms with E-state index in [1.807, 2.05) is 43.3 Å². The molecule has 1 atom stereocenters. The number of hydrogen-bond acceptors (Lipinski definition) is 5. The van der Waals surface area contributed by atoms with Gasteiger partial charge in [-0.1, -0.05) is 84.8 Å². The van der Waals surface area contributed by atoms with Crippen molar-refractivity contribution in [3.8, 4) is 17.6 Å². The number of carbonyl (C=O) groups is 1. The fraction of sp³-hybridized carbons (Fsp3) is 0.562. The summed E-state index contributed by atoms with van der Waals surface area (Å²) in [5.74, 6) is 1.51. The Kier molecular flexibility index (Phi) is 13.6. The number of esters is 1. The molecular weight excluding hydrogens is 462 g/mol. The first kappa shape index (κ1) is 30.2. The lowest BCUT2D eigenvalue weighted by Gasteiger charge is -2.25. The van der Waals surface area contributed by atoms with Crippen molar-refractivity contribution in [2.24, 2.45) is 11.3 Å². The first-order chi connectivity index (χ1) is 17.8. The topological polar surface area (TPSA) is 68.6 Å². The summed E-state index contributed by atoms with van der Waals surface area (Å²) >= 11 is 0. The summed E-state index contributed by atoms with van der Waals surface area (Å²) in [7, 11) is 0. The molecule has 2 aromatic carbocycles. The molecule has 37 heavy (non-hydrogen) atoms. The lowest BCUT2D eigenvalue weighted by molar-refractivity contribution is -0.151. The minimum absolute atomic E-state index is 0.0416. The average Bonchev–Trinajstić information content (AvgIpc) is 2.90. The van der Waals surface area contributed by atoms with E-state index >= 15 is 0 Å². The Morgan fingerprint density at radius 2 is 1.24 bits per heavy atom. The molecule has 2 aromatic rings. The molecule has 2 rings (SSSR count). The van der Waals surface area contributed by atoms with E-state index in [1.54, 1.807) is 12.1 Å². The van der Waals surface area contributed by atoms with E-state index in [0.717, 1.165) is 42.9 Å². The van der Waals surface area contributed by atoms with Gasteiger partial charge in [-0.25, -0.2) is 0 Å². The smallest absolute Gasteiger partial charge is 0.309 e. The Hall–Kier alpha value is -3.00. The van der Waals surface area contributed by atoms with Gasteiger partial charge in [0, 0.05) is 0 Å². The van der Waals surface area contributed by atoms with Gasteiger partial charge in [0.25, 0.3) is 0 Å². The highest BCUT2D eigenvalue weighted by atomic mass is 16.5. The van der Waals surface area contributed by atoms with Crippen LogP contribution in [0.5, 0.6) is 11.5 Å². The van der Waals surface area contributed by atoms with Crippen LogP contribution in [0.15, 0.2) is 48.5 Å². The molecule has 0 spiro atoms. The third-order valence-electron chi connectivity index (χ3n) is 6.77. The van der Waals surface area contributed by atoms with Crippen molar-refractivity contribution in [1.29, 1.82) is 5.26 Å². The third kappa shape index (κ3) is 12.7. The summed E-state index contributed by atoms with van der Waals surface area (Å²) in [5.41, 5.74) is 1.66. The summed E-state index contributed by atoms with van der Waals surface area (Å²) in [6.45, 7) is 9.94. The highest BCUT2D eigenvalue weighted by Crippen LogP contribution is 2.26. The number of nitriles is 1. The molecule has 0 saturated carbocycles. The van der Waals surface area contributed by atoms with E-state index in [1.165, 1.54) is 38.5 Å². The second-order valence-corrected chi connectivity index (χ2v) is 10.9. The number of benzene rings is 2. The molecule has 0 fully saturated rings. The fourth-order valence-electron chi connectivity index (χ4n) is 3.76. The molecule has 0 aliphatic carbocycles. The number of nitrogens with zero attached hydrogens (tertiary/aromatic N) is 1. The summed E-state index contributed by atoms with van der Waals surface area (Å²) in [6, 6.07) is 17.3. The number of rotatable bonds is 17. The van der Waals surface area contributed by atoms with Crippen molar-refractivity contribution in [3.63, 3.8) is 0 Å². The molecule has 5 nitrogen and oxygen atoms in total. The van der Waals surface area contributed by atoms with E-state index in [0.29, 0.717) is 18.8 Å². The van der Waals surface area contributed by atoms with Crippen molar-refractivity contribution in [2.45, 2.75) is 92.1 Å². The highest BCUT2D eigenvalue weighted by Gasteiger charge is 2.27. The van der Waals surface area contributed by atoms with Crippen LogP contribution in [0.3, 0.4) is 0 Å². The van der Waals surface area contributed by atoms with Crippen LogP contribution in [0.4, 0.5) is 0 Å². The van der Waals surface area contributed by atoms with Gasteiger partial charge in [0.15, 0.2) is 0 Å². The molecule has 202 valence electrons. The zero-order valence-electron chi connectivity index (χ0n) is 23.3. The molecule has 0 aliphatic rings. The lowest BCUT2D eigenvalue weighted by atomic mass is 9.82. The van der Waals surface area contributed by atoms with E-state index in [4.69, 9.17) is 19.5 Å². The zero-order valence-corrected chi connectivity index (χ0v) is 23.3. The number of ether oxygens (including phenoxy) is 3. The first-order valence-electron chi connectivity index (χ1n) is 13.8. The molecule has 0 heterocycles. The van der Waals surface area contributed by atoms with Crippen LogP contribution in [-0.4, -0.2) is 19.2 Å². The van der Waals surface area contributed by atoms with Crippen LogP contribution in [0.2, 0.25) is 0 Å². The second kappa shape index (κ2) is 16.7. The zero-order chi connectivity index (χ0) is 26.9. The summed E-state index contributed by atoms with van der Waals surface area (Å²) < 4.78 is 17.1. The number of hydrogen-bond donors (Lipinski definition) is 0. The molecule has 0 saturated heterocycles. The van der Waals surface area contributed by atoms with Gasteiger partial charge in [0.05, 0.1) is 30.8 Å². The average molecular weight is 508 g/mol. The predicted octanol–water partition coefficient (Wildman–Crippen LogP) is 8.25. The Morgan fingerprint density at radius 3 is 1.78 bits per heavy atom. The quantitative estimate of drug-likeness (QED) is 0.159. The van der Waals surface area contributed by atoms with Gasteiger partial charge in [-0.05, 0) is 60.2 Å². The predicted molar refractivity (Wildman–Crippen MR) is 149 cm³/mol. The van der Waals surface area contributed by atoms with Crippen LogP contribution >= 0.6 is 0 Å². The van der Waals surface area contributed by atoms with Crippen LogP contribution in [0.25, 0.3) is 0 Å². The van der Waals surface area contributed by atoms with Gasteiger partial charge >= 0.3 is 5.97 Å². The molecule has 0 amide bonds. The Labute approximate surface area is 224 Å². The maximum atomic E-state index is 12.0. The van der Waals surface area contributed by atoms with Crippen molar-refractivity contribution >= 4 is 5.97 Å². The third-order valence-corrected chi connectivity index (χ3v) is 6.77. The molecule has 0 aliphatic heterocycles. The first-order valence-corrected chi connectivity index (χ1v) is 13.8. The second-order valence-electron chi connectivity index (χ2n) is 10.9. The highest BCUT2D eigenvalue weighted by molar-refractivity contribution is 5.72. The molecule has 0 radical (unpaired) electrons. The van der Waals surface area contributed by atoms with E-state index in [-0.39, 0.29) is 17.3 Å². The van der Waals surface area contributed by atoms with Crippen molar-refractivity contribution < 1.29 is 19.0 Å². The minimum Gasteiger partial charge on any atom is -0.494 e. The van der Waals surface area contributed by atoms with Crippen LogP contribution in [0, 0.1) is 22.7 Å². The monoisotopic (exact) mass is 507 g/mol. The summed E-state index contributed by atoms with van der Waals surface area (Å²) in [6.07, 6.45) is 10.6. The Morgan fingerprint density at radius 1 is 0.757 bits per heavy atom. The Balaban J connectivity index is 1.41. The molecular formula is C32H45NO4. The fourth-order valence-corrected chi connectivity index (χ4v) is 3.76. The molecule has 1 unspecified atom stereocenters. The van der Waals surface area contributed by atoms with Gasteiger partial charge < -0.3 is 14.2 Å². The van der Waals surface area contributed by atoms with Gasteiger partial charge in [-0.3, -0.25) is 4.79 Å². The normalized spacial score (nSPS) is 12.0. The van der Waals surface area contributed by atoms with Crippen LogP contribution < -0.4 is 9.47 Å². The van der Waals surface area contributed by atoms with E-state index in [9.17, 15) is 4.79 Å². The van der Waals surface area contributed by atoms with Gasteiger partial charge in [-0.15, -0.1) is 0 Å². The molecule has 0 aromatic heterocycles. The minimum atomic E-state index is -0.0702. The van der Waals surface area contributed by atoms with Crippen LogP contribution in [0.1, 0.15) is 96.6 Å². The SMILES string of the molecule is CC(C(=O)OCCCCCCCCCCCOc1ccc(COc2ccc(C#N)cc2)cc1)C(C)(C)C. The Bertz CT molecular complexity index is 939. The molecule has 5 heteroatoms. The maximum Gasteiger partial charge on any atom is 0.309 e. The molecule has 0 bridgehead atoms. The summed E-state index contributed by atoms with van der Waals surface area (Å²) in [4.78, 5) is 12.0.